The van der Waals surface area contributed by atoms with Gasteiger partial charge in [0.25, 0.3) is 0 Å². The van der Waals surface area contributed by atoms with Gasteiger partial charge in [-0.05, 0) is 83.9 Å². The van der Waals surface area contributed by atoms with Crippen LogP contribution in [0.2, 0.25) is 0 Å². The Bertz CT molecular complexity index is 1280. The fourth-order valence-electron chi connectivity index (χ4n) is 4.44. The maximum atomic E-state index is 13.0. The molecule has 8 nitrogen and oxygen atoms in total. The average Bonchev–Trinajstić information content (AvgIpc) is 3.11. The van der Waals surface area contributed by atoms with Crippen molar-refractivity contribution in [3.05, 3.63) is 58.3 Å². The summed E-state index contributed by atoms with van der Waals surface area (Å²) in [5.74, 6) is -0.120. The second-order valence-electron chi connectivity index (χ2n) is 8.85. The van der Waals surface area contributed by atoms with Crippen molar-refractivity contribution in [2.75, 3.05) is 13.1 Å². The number of carbonyl (C=O) groups is 1. The average molecular weight is 550 g/mol. The van der Waals surface area contributed by atoms with Crippen molar-refractivity contribution in [2.24, 2.45) is 0 Å². The van der Waals surface area contributed by atoms with Gasteiger partial charge in [0.1, 0.15) is 22.5 Å². The molecule has 1 N–H and O–H groups in total. The number of pyridine rings is 1. The van der Waals surface area contributed by atoms with Crippen LogP contribution < -0.4 is 4.74 Å². The molecule has 1 aliphatic heterocycles. The predicted molar refractivity (Wildman–Crippen MR) is 133 cm³/mol. The van der Waals surface area contributed by atoms with Gasteiger partial charge in [-0.2, -0.15) is 0 Å². The maximum absolute atomic E-state index is 13.0. The zero-order valence-electron chi connectivity index (χ0n) is 19.1. The molecule has 2 aromatic heterocycles. The van der Waals surface area contributed by atoms with Gasteiger partial charge in [0.05, 0.1) is 11.9 Å². The minimum atomic E-state index is -3.45. The number of piperidine rings is 1. The number of hydrogen-bond acceptors (Lipinski definition) is 5. The van der Waals surface area contributed by atoms with E-state index >= 15 is 0 Å². The number of aliphatic carboxylic acids is 1. The largest absolute Gasteiger partial charge is 0.491 e. The van der Waals surface area contributed by atoms with Gasteiger partial charge in [0, 0.05) is 24.7 Å². The van der Waals surface area contributed by atoms with E-state index in [0.717, 1.165) is 22.3 Å². The lowest BCUT2D eigenvalue weighted by atomic mass is 9.90. The van der Waals surface area contributed by atoms with Gasteiger partial charge in [-0.15, -0.1) is 0 Å². The van der Waals surface area contributed by atoms with E-state index in [4.69, 9.17) is 4.74 Å². The molecule has 4 rings (SSSR count). The molecule has 0 unspecified atom stereocenters. The molecule has 34 heavy (non-hydrogen) atoms. The number of halogens is 1. The summed E-state index contributed by atoms with van der Waals surface area (Å²) in [4.78, 5) is 15.8. The zero-order chi connectivity index (χ0) is 24.5. The molecule has 3 heterocycles. The van der Waals surface area contributed by atoms with E-state index in [9.17, 15) is 18.3 Å². The van der Waals surface area contributed by atoms with Gasteiger partial charge in [0.2, 0.25) is 10.0 Å². The third-order valence-corrected chi connectivity index (χ3v) is 8.25. The second-order valence-corrected chi connectivity index (χ2v) is 11.6. The van der Waals surface area contributed by atoms with Crippen LogP contribution in [0.25, 0.3) is 11.0 Å². The zero-order valence-corrected chi connectivity index (χ0v) is 21.5. The SMILES string of the molecule is CC(C)Oc1ccc(CS(=O)(=O)N2CCC(c3cn(CC(=O)O)c4nc(Br)ccc34)CC2)cc1. The van der Waals surface area contributed by atoms with Gasteiger partial charge in [-0.3, -0.25) is 4.79 Å². The van der Waals surface area contributed by atoms with E-state index in [2.05, 4.69) is 20.9 Å². The number of carboxylic acid groups (broad SMARTS) is 1. The highest BCUT2D eigenvalue weighted by Gasteiger charge is 2.30. The summed E-state index contributed by atoms with van der Waals surface area (Å²) in [6.07, 6.45) is 3.26. The summed E-state index contributed by atoms with van der Waals surface area (Å²) in [6, 6.07) is 11.0. The number of carboxylic acids is 1. The number of benzene rings is 1. The van der Waals surface area contributed by atoms with E-state index in [1.165, 1.54) is 0 Å². The Hall–Kier alpha value is -2.43. The monoisotopic (exact) mass is 549 g/mol. The molecule has 0 amide bonds. The van der Waals surface area contributed by atoms with Crippen LogP contribution in [0.4, 0.5) is 0 Å². The van der Waals surface area contributed by atoms with Gasteiger partial charge in [-0.1, -0.05) is 12.1 Å². The molecule has 182 valence electrons. The Labute approximate surface area is 207 Å². The van der Waals surface area contributed by atoms with Crippen molar-refractivity contribution in [3.8, 4) is 5.75 Å². The van der Waals surface area contributed by atoms with E-state index in [-0.39, 0.29) is 24.3 Å². The molecule has 0 atom stereocenters. The highest BCUT2D eigenvalue weighted by atomic mass is 79.9. The molecule has 3 aromatic rings. The number of rotatable bonds is 8. The quantitative estimate of drug-likeness (QED) is 0.418. The smallest absolute Gasteiger partial charge is 0.323 e. The van der Waals surface area contributed by atoms with Gasteiger partial charge in [0.15, 0.2) is 0 Å². The van der Waals surface area contributed by atoms with E-state index in [0.29, 0.717) is 36.2 Å². The number of nitrogens with zero attached hydrogens (tertiary/aromatic N) is 3. The lowest BCUT2D eigenvalue weighted by Crippen LogP contribution is -2.38. The molecule has 0 spiro atoms. The van der Waals surface area contributed by atoms with Gasteiger partial charge >= 0.3 is 5.97 Å². The Balaban J connectivity index is 1.45. The lowest BCUT2D eigenvalue weighted by molar-refractivity contribution is -0.137. The van der Waals surface area contributed by atoms with Crippen LogP contribution in [-0.2, 0) is 27.1 Å². The summed E-state index contributed by atoms with van der Waals surface area (Å²) >= 11 is 3.36. The van der Waals surface area contributed by atoms with E-state index in [1.807, 2.05) is 32.2 Å². The third-order valence-electron chi connectivity index (χ3n) is 5.96. The van der Waals surface area contributed by atoms with Crippen LogP contribution in [0.1, 0.15) is 43.7 Å². The number of aromatic nitrogens is 2. The van der Waals surface area contributed by atoms with Crippen LogP contribution >= 0.6 is 15.9 Å². The van der Waals surface area contributed by atoms with Gasteiger partial charge < -0.3 is 14.4 Å². The predicted octanol–water partition coefficient (Wildman–Crippen LogP) is 4.38. The lowest BCUT2D eigenvalue weighted by Gasteiger charge is -2.31. The Morgan fingerprint density at radius 2 is 1.85 bits per heavy atom. The first-order chi connectivity index (χ1) is 16.1. The van der Waals surface area contributed by atoms with Crippen LogP contribution in [0.15, 0.2) is 47.2 Å². The second kappa shape index (κ2) is 10.1. The molecule has 1 saturated heterocycles. The first-order valence-electron chi connectivity index (χ1n) is 11.2. The molecule has 0 saturated carbocycles. The topological polar surface area (TPSA) is 102 Å². The summed E-state index contributed by atoms with van der Waals surface area (Å²) in [6.45, 7) is 4.57. The van der Waals surface area contributed by atoms with Gasteiger partial charge in [-0.25, -0.2) is 17.7 Å². The van der Waals surface area contributed by atoms with Crippen LogP contribution in [0, 0.1) is 0 Å². The van der Waals surface area contributed by atoms with E-state index in [1.54, 1.807) is 33.1 Å². The molecule has 10 heteroatoms. The van der Waals surface area contributed by atoms with Crippen LogP contribution in [0.3, 0.4) is 0 Å². The van der Waals surface area contributed by atoms with Crippen LogP contribution in [-0.4, -0.2) is 52.5 Å². The summed E-state index contributed by atoms with van der Waals surface area (Å²) in [5, 5.41) is 10.2. The molecular weight excluding hydrogens is 522 g/mol. The van der Waals surface area contributed by atoms with E-state index < -0.39 is 16.0 Å². The number of sulfonamides is 1. The highest BCUT2D eigenvalue weighted by Crippen LogP contribution is 2.35. The first-order valence-corrected chi connectivity index (χ1v) is 13.6. The number of ether oxygens (including phenoxy) is 1. The minimum absolute atomic E-state index is 0.0461. The van der Waals surface area contributed by atoms with Crippen molar-refractivity contribution in [2.45, 2.75) is 51.0 Å². The number of hydrogen-bond donors (Lipinski definition) is 1. The fourth-order valence-corrected chi connectivity index (χ4v) is 6.31. The molecule has 1 fully saturated rings. The molecule has 1 aromatic carbocycles. The normalized spacial score (nSPS) is 15.8. The maximum Gasteiger partial charge on any atom is 0.323 e. The fraction of sp³-hybridized carbons (Fsp3) is 0.417. The van der Waals surface area contributed by atoms with Crippen molar-refractivity contribution in [1.82, 2.24) is 13.9 Å². The van der Waals surface area contributed by atoms with Crippen molar-refractivity contribution in [1.29, 1.82) is 0 Å². The molecule has 0 aliphatic carbocycles. The molecular formula is C24H28BrN3O5S. The highest BCUT2D eigenvalue weighted by molar-refractivity contribution is 9.10. The summed E-state index contributed by atoms with van der Waals surface area (Å²) < 4.78 is 35.6. The van der Waals surface area contributed by atoms with Crippen molar-refractivity contribution < 1.29 is 23.1 Å². The minimum Gasteiger partial charge on any atom is -0.491 e. The first kappa shape index (κ1) is 24.7. The Morgan fingerprint density at radius 3 is 2.47 bits per heavy atom. The van der Waals surface area contributed by atoms with Crippen molar-refractivity contribution in [3.63, 3.8) is 0 Å². The number of fused-ring (bicyclic) bond motifs is 1. The summed E-state index contributed by atoms with van der Waals surface area (Å²) in [5.41, 5.74) is 2.37. The standard InChI is InChI=1S/C24H28BrN3O5S/c1-16(2)33-19-5-3-17(4-6-19)15-34(31,32)28-11-9-18(10-12-28)21-13-27(14-23(29)30)24-20(21)7-8-22(25)26-24/h3-8,13,16,18H,9-12,14-15H2,1-2H3,(H,29,30). The Morgan fingerprint density at radius 1 is 1.18 bits per heavy atom. The summed E-state index contributed by atoms with van der Waals surface area (Å²) in [7, 11) is -3.45. The molecule has 0 bridgehead atoms. The Kier molecular flexibility index (Phi) is 7.30. The van der Waals surface area contributed by atoms with Crippen molar-refractivity contribution >= 4 is 43.0 Å². The molecule has 0 radical (unpaired) electrons. The molecule has 1 aliphatic rings. The third kappa shape index (κ3) is 5.61. The van der Waals surface area contributed by atoms with Crippen LogP contribution in [0.5, 0.6) is 5.75 Å².